The maximum atomic E-state index is 12.0. The lowest BCUT2D eigenvalue weighted by Crippen LogP contribution is -2.36. The highest BCUT2D eigenvalue weighted by atomic mass is 32.2. The topological polar surface area (TPSA) is 26.3 Å². The van der Waals surface area contributed by atoms with E-state index in [9.17, 15) is 4.79 Å². The van der Waals surface area contributed by atoms with Gasteiger partial charge < -0.3 is 4.74 Å². The van der Waals surface area contributed by atoms with Crippen molar-refractivity contribution < 1.29 is 9.53 Å². The third-order valence-electron chi connectivity index (χ3n) is 3.25. The Kier molecular flexibility index (Phi) is 3.87. The van der Waals surface area contributed by atoms with Gasteiger partial charge in [-0.1, -0.05) is 11.1 Å². The lowest BCUT2D eigenvalue weighted by molar-refractivity contribution is -0.153. The highest BCUT2D eigenvalue weighted by Crippen LogP contribution is 2.48. The maximum absolute atomic E-state index is 12.0. The second-order valence-corrected chi connectivity index (χ2v) is 5.34. The fourth-order valence-electron chi connectivity index (χ4n) is 2.40. The van der Waals surface area contributed by atoms with E-state index in [0.717, 1.165) is 6.42 Å². The van der Waals surface area contributed by atoms with Crippen molar-refractivity contribution in [2.24, 2.45) is 5.41 Å². The summed E-state index contributed by atoms with van der Waals surface area (Å²) in [5.74, 6) is -0.0550. The number of hydrogen-bond donors (Lipinski definition) is 0. The van der Waals surface area contributed by atoms with Crippen LogP contribution in [0.2, 0.25) is 0 Å². The summed E-state index contributed by atoms with van der Waals surface area (Å²) < 4.78 is 5.18. The average molecular weight is 228 g/mol. The van der Waals surface area contributed by atoms with Crippen molar-refractivity contribution in [3.63, 3.8) is 0 Å². The fraction of sp³-hybridized carbons (Fsp3) is 0.750. The van der Waals surface area contributed by atoms with Crippen molar-refractivity contribution >= 4 is 17.7 Å². The van der Waals surface area contributed by atoms with E-state index in [-0.39, 0.29) is 16.6 Å². The van der Waals surface area contributed by atoms with Gasteiger partial charge in [-0.25, -0.2) is 0 Å². The third kappa shape index (κ3) is 2.07. The minimum atomic E-state index is -0.358. The summed E-state index contributed by atoms with van der Waals surface area (Å²) in [6.07, 6.45) is 2.90. The standard InChI is InChI=1S/C12H20O2S/c1-6-14-11(13)12(4)7-8(2)9(3)10(12)15-5/h10H,6-7H2,1-5H3/t10-,12-/m0/s1. The number of hydrogen-bond acceptors (Lipinski definition) is 3. The Balaban J connectivity index is 2.92. The summed E-state index contributed by atoms with van der Waals surface area (Å²) in [4.78, 5) is 12.0. The van der Waals surface area contributed by atoms with Crippen LogP contribution in [0.1, 0.15) is 34.1 Å². The molecule has 0 heterocycles. The van der Waals surface area contributed by atoms with Crippen molar-refractivity contribution in [2.75, 3.05) is 12.9 Å². The van der Waals surface area contributed by atoms with Crippen molar-refractivity contribution in [1.82, 2.24) is 0 Å². The molecular formula is C12H20O2S. The van der Waals surface area contributed by atoms with Crippen LogP contribution in [0.15, 0.2) is 11.1 Å². The van der Waals surface area contributed by atoms with Crippen molar-refractivity contribution in [1.29, 1.82) is 0 Å². The molecule has 0 aromatic carbocycles. The number of allylic oxidation sites excluding steroid dienone is 1. The Morgan fingerprint density at radius 2 is 2.20 bits per heavy atom. The molecule has 0 aromatic heterocycles. The summed E-state index contributed by atoms with van der Waals surface area (Å²) in [5.41, 5.74) is 2.33. The number of carbonyl (C=O) groups excluding carboxylic acids is 1. The average Bonchev–Trinajstić information content (AvgIpc) is 2.39. The van der Waals surface area contributed by atoms with Gasteiger partial charge in [0.25, 0.3) is 0 Å². The summed E-state index contributed by atoms with van der Waals surface area (Å²) in [6.45, 7) is 8.58. The van der Waals surface area contributed by atoms with E-state index in [1.54, 1.807) is 11.8 Å². The van der Waals surface area contributed by atoms with E-state index in [4.69, 9.17) is 4.74 Å². The SMILES string of the molecule is CCOC(=O)[C@@]1(C)CC(C)=C(C)[C@@H]1SC. The zero-order chi connectivity index (χ0) is 11.6. The van der Waals surface area contributed by atoms with Gasteiger partial charge in [-0.3, -0.25) is 4.79 Å². The molecule has 0 N–H and O–H groups in total. The molecule has 1 aliphatic carbocycles. The minimum Gasteiger partial charge on any atom is -0.466 e. The summed E-state index contributed by atoms with van der Waals surface area (Å²) in [5, 5.41) is 0.275. The Labute approximate surface area is 96.5 Å². The molecule has 0 unspecified atom stereocenters. The van der Waals surface area contributed by atoms with Crippen LogP contribution < -0.4 is 0 Å². The first kappa shape index (κ1) is 12.6. The van der Waals surface area contributed by atoms with E-state index in [1.165, 1.54) is 11.1 Å². The van der Waals surface area contributed by atoms with Crippen LogP contribution in [0.25, 0.3) is 0 Å². The quantitative estimate of drug-likeness (QED) is 0.548. The summed E-state index contributed by atoms with van der Waals surface area (Å²) >= 11 is 1.75. The van der Waals surface area contributed by atoms with Gasteiger partial charge in [0, 0.05) is 5.25 Å². The minimum absolute atomic E-state index is 0.0550. The highest BCUT2D eigenvalue weighted by Gasteiger charge is 2.47. The van der Waals surface area contributed by atoms with Gasteiger partial charge in [-0.15, -0.1) is 0 Å². The second-order valence-electron chi connectivity index (χ2n) is 4.39. The monoisotopic (exact) mass is 228 g/mol. The van der Waals surface area contributed by atoms with Crippen molar-refractivity contribution in [3.05, 3.63) is 11.1 Å². The molecule has 0 saturated heterocycles. The number of carbonyl (C=O) groups is 1. The molecule has 3 heteroatoms. The molecule has 0 bridgehead atoms. The first-order chi connectivity index (χ1) is 6.97. The molecule has 0 aliphatic heterocycles. The van der Waals surface area contributed by atoms with Crippen LogP contribution in [0.4, 0.5) is 0 Å². The van der Waals surface area contributed by atoms with Crippen LogP contribution >= 0.6 is 11.8 Å². The van der Waals surface area contributed by atoms with Crippen LogP contribution in [-0.2, 0) is 9.53 Å². The number of thioether (sulfide) groups is 1. The first-order valence-corrected chi connectivity index (χ1v) is 6.62. The van der Waals surface area contributed by atoms with Crippen LogP contribution in [-0.4, -0.2) is 24.1 Å². The number of rotatable bonds is 3. The molecule has 0 saturated carbocycles. The van der Waals surface area contributed by atoms with Crippen molar-refractivity contribution in [2.45, 2.75) is 39.4 Å². The molecule has 15 heavy (non-hydrogen) atoms. The third-order valence-corrected chi connectivity index (χ3v) is 4.60. The number of esters is 1. The molecule has 86 valence electrons. The predicted octanol–water partition coefficient (Wildman–Crippen LogP) is 3.03. The van der Waals surface area contributed by atoms with Gasteiger partial charge in [0.15, 0.2) is 0 Å². The molecular weight excluding hydrogens is 208 g/mol. The Morgan fingerprint density at radius 3 is 2.67 bits per heavy atom. The van der Waals surface area contributed by atoms with Gasteiger partial charge in [-0.05, 0) is 40.4 Å². The van der Waals surface area contributed by atoms with Crippen LogP contribution in [0.5, 0.6) is 0 Å². The molecule has 0 aromatic rings. The molecule has 0 radical (unpaired) electrons. The fourth-order valence-corrected chi connectivity index (χ4v) is 3.65. The lowest BCUT2D eigenvalue weighted by atomic mass is 9.86. The van der Waals surface area contributed by atoms with Gasteiger partial charge >= 0.3 is 5.97 Å². The molecule has 0 amide bonds. The molecule has 2 atom stereocenters. The van der Waals surface area contributed by atoms with E-state index in [1.807, 2.05) is 13.8 Å². The molecule has 0 spiro atoms. The molecule has 1 aliphatic rings. The van der Waals surface area contributed by atoms with E-state index < -0.39 is 0 Å². The van der Waals surface area contributed by atoms with Gasteiger partial charge in [0.1, 0.15) is 0 Å². The van der Waals surface area contributed by atoms with Crippen LogP contribution in [0, 0.1) is 5.41 Å². The van der Waals surface area contributed by atoms with E-state index in [0.29, 0.717) is 6.61 Å². The van der Waals surface area contributed by atoms with Gasteiger partial charge in [0.2, 0.25) is 0 Å². The maximum Gasteiger partial charge on any atom is 0.313 e. The predicted molar refractivity (Wildman–Crippen MR) is 65.0 cm³/mol. The highest BCUT2D eigenvalue weighted by molar-refractivity contribution is 7.99. The molecule has 1 rings (SSSR count). The largest absolute Gasteiger partial charge is 0.466 e. The second kappa shape index (κ2) is 4.60. The first-order valence-electron chi connectivity index (χ1n) is 5.33. The molecule has 2 nitrogen and oxygen atoms in total. The zero-order valence-electron chi connectivity index (χ0n) is 10.2. The van der Waals surface area contributed by atoms with Crippen molar-refractivity contribution in [3.8, 4) is 0 Å². The van der Waals surface area contributed by atoms with Gasteiger partial charge in [-0.2, -0.15) is 11.8 Å². The lowest BCUT2D eigenvalue weighted by Gasteiger charge is -2.29. The molecule has 0 fully saturated rings. The Bertz CT molecular complexity index is 296. The Morgan fingerprint density at radius 1 is 1.60 bits per heavy atom. The van der Waals surface area contributed by atoms with Gasteiger partial charge in [0.05, 0.1) is 12.0 Å². The normalized spacial score (nSPS) is 30.9. The van der Waals surface area contributed by atoms with E-state index in [2.05, 4.69) is 20.1 Å². The zero-order valence-corrected chi connectivity index (χ0v) is 11.0. The summed E-state index contributed by atoms with van der Waals surface area (Å²) in [7, 11) is 0. The van der Waals surface area contributed by atoms with Crippen LogP contribution in [0.3, 0.4) is 0 Å². The summed E-state index contributed by atoms with van der Waals surface area (Å²) in [6, 6.07) is 0. The van der Waals surface area contributed by atoms with E-state index >= 15 is 0 Å². The smallest absolute Gasteiger partial charge is 0.313 e. The number of ether oxygens (including phenoxy) is 1. The Hall–Kier alpha value is -0.440.